The molecule has 2 rings (SSSR count). The molecule has 1 aromatic carbocycles. The zero-order valence-electron chi connectivity index (χ0n) is 11.7. The Morgan fingerprint density at radius 3 is 3.00 bits per heavy atom. The van der Waals surface area contributed by atoms with Crippen LogP contribution < -0.4 is 15.4 Å². The van der Waals surface area contributed by atoms with Crippen LogP contribution in [0.2, 0.25) is 0 Å². The molecule has 2 N–H and O–H groups in total. The van der Waals surface area contributed by atoms with Crippen molar-refractivity contribution in [3.8, 4) is 5.75 Å². The van der Waals surface area contributed by atoms with Crippen molar-refractivity contribution < 1.29 is 14.5 Å². The van der Waals surface area contributed by atoms with E-state index in [0.29, 0.717) is 23.7 Å². The van der Waals surface area contributed by atoms with Gasteiger partial charge < -0.3 is 15.4 Å². The van der Waals surface area contributed by atoms with Gasteiger partial charge in [-0.1, -0.05) is 0 Å². The van der Waals surface area contributed by atoms with Crippen LogP contribution in [0.5, 0.6) is 5.75 Å². The Labute approximate surface area is 126 Å². The minimum Gasteiger partial charge on any atom is -0.481 e. The fraction of sp³-hybridized carbons (Fsp3) is 0.462. The first-order valence-corrected chi connectivity index (χ1v) is 7.99. The van der Waals surface area contributed by atoms with Crippen molar-refractivity contribution in [2.45, 2.75) is 12.8 Å². The molecule has 0 saturated carbocycles. The highest BCUT2D eigenvalue weighted by atomic mass is 32.2. The molecule has 0 saturated heterocycles. The number of nitrogens with one attached hydrogen (secondary N) is 2. The molecule has 114 valence electrons. The number of carbonyl (C=O) groups is 1. The van der Waals surface area contributed by atoms with Gasteiger partial charge in [-0.25, -0.2) is 0 Å². The number of hydrogen-bond acceptors (Lipinski definition) is 6. The van der Waals surface area contributed by atoms with Crippen molar-refractivity contribution in [3.63, 3.8) is 0 Å². The first-order chi connectivity index (χ1) is 10.1. The van der Waals surface area contributed by atoms with Crippen LogP contribution in [0.1, 0.15) is 12.8 Å². The van der Waals surface area contributed by atoms with E-state index in [4.69, 9.17) is 4.74 Å². The monoisotopic (exact) mass is 311 g/mol. The number of nitro benzene ring substituents is 1. The van der Waals surface area contributed by atoms with Crippen LogP contribution in [0.4, 0.5) is 17.1 Å². The van der Waals surface area contributed by atoms with Gasteiger partial charge in [-0.15, -0.1) is 0 Å². The molecule has 1 aromatic rings. The molecule has 7 nitrogen and oxygen atoms in total. The van der Waals surface area contributed by atoms with E-state index in [1.807, 2.05) is 6.26 Å². The molecule has 1 aliphatic heterocycles. The van der Waals surface area contributed by atoms with Gasteiger partial charge in [-0.2, -0.15) is 11.8 Å². The summed E-state index contributed by atoms with van der Waals surface area (Å²) in [6, 6.07) is 2.90. The minimum absolute atomic E-state index is 0.0465. The second-order valence-electron chi connectivity index (χ2n) is 4.59. The SMILES string of the molecule is CSCCCCNc1cc2c(cc1[N+](=O)[O-])OCC(=O)N2. The molecule has 0 unspecified atom stereocenters. The second kappa shape index (κ2) is 7.16. The van der Waals surface area contributed by atoms with Gasteiger partial charge in [0.15, 0.2) is 12.4 Å². The van der Waals surface area contributed by atoms with Gasteiger partial charge in [0.05, 0.1) is 16.7 Å². The summed E-state index contributed by atoms with van der Waals surface area (Å²) in [5.41, 5.74) is 0.812. The highest BCUT2D eigenvalue weighted by Gasteiger charge is 2.23. The van der Waals surface area contributed by atoms with Crippen molar-refractivity contribution in [1.82, 2.24) is 0 Å². The number of nitrogens with zero attached hydrogens (tertiary/aromatic N) is 1. The van der Waals surface area contributed by atoms with Crippen LogP contribution in [-0.4, -0.2) is 36.0 Å². The highest BCUT2D eigenvalue weighted by molar-refractivity contribution is 7.98. The van der Waals surface area contributed by atoms with Crippen LogP contribution in [0, 0.1) is 10.1 Å². The Morgan fingerprint density at radius 1 is 1.48 bits per heavy atom. The van der Waals surface area contributed by atoms with Gasteiger partial charge in [0, 0.05) is 6.54 Å². The van der Waals surface area contributed by atoms with E-state index in [9.17, 15) is 14.9 Å². The number of hydrogen-bond donors (Lipinski definition) is 2. The number of thioether (sulfide) groups is 1. The van der Waals surface area contributed by atoms with Crippen molar-refractivity contribution >= 4 is 34.7 Å². The van der Waals surface area contributed by atoms with Crippen LogP contribution in [0.3, 0.4) is 0 Å². The zero-order valence-corrected chi connectivity index (χ0v) is 12.5. The van der Waals surface area contributed by atoms with Gasteiger partial charge in [-0.3, -0.25) is 14.9 Å². The maximum absolute atomic E-state index is 11.3. The number of ether oxygens (including phenoxy) is 1. The van der Waals surface area contributed by atoms with E-state index in [2.05, 4.69) is 10.6 Å². The molecule has 0 spiro atoms. The van der Waals surface area contributed by atoms with Gasteiger partial charge in [0.2, 0.25) is 0 Å². The Bertz CT molecular complexity index is 550. The summed E-state index contributed by atoms with van der Waals surface area (Å²) in [7, 11) is 0. The van der Waals surface area contributed by atoms with Crippen LogP contribution in [-0.2, 0) is 4.79 Å². The molecule has 8 heteroatoms. The predicted molar refractivity (Wildman–Crippen MR) is 83.3 cm³/mol. The Morgan fingerprint density at radius 2 is 2.29 bits per heavy atom. The molecular weight excluding hydrogens is 294 g/mol. The number of anilines is 2. The third-order valence-electron chi connectivity index (χ3n) is 3.02. The molecule has 0 atom stereocenters. The maximum Gasteiger partial charge on any atom is 0.296 e. The van der Waals surface area contributed by atoms with Gasteiger partial charge in [-0.05, 0) is 30.9 Å². The fourth-order valence-corrected chi connectivity index (χ4v) is 2.50. The minimum atomic E-state index is -0.454. The Kier molecular flexibility index (Phi) is 5.26. The average molecular weight is 311 g/mol. The summed E-state index contributed by atoms with van der Waals surface area (Å²) in [5.74, 6) is 1.13. The molecular formula is C13H17N3O4S. The fourth-order valence-electron chi connectivity index (χ4n) is 2.00. The van der Waals surface area contributed by atoms with E-state index in [-0.39, 0.29) is 18.2 Å². The first-order valence-electron chi connectivity index (χ1n) is 6.59. The molecule has 0 bridgehead atoms. The average Bonchev–Trinajstić information content (AvgIpc) is 2.46. The summed E-state index contributed by atoms with van der Waals surface area (Å²) < 4.78 is 5.19. The maximum atomic E-state index is 11.3. The molecule has 21 heavy (non-hydrogen) atoms. The number of rotatable bonds is 7. The van der Waals surface area contributed by atoms with Crippen molar-refractivity contribution in [3.05, 3.63) is 22.2 Å². The molecule has 0 aliphatic carbocycles. The summed E-state index contributed by atoms with van der Waals surface area (Å²) in [5, 5.41) is 16.8. The summed E-state index contributed by atoms with van der Waals surface area (Å²) in [6.45, 7) is 0.528. The lowest BCUT2D eigenvalue weighted by molar-refractivity contribution is -0.384. The van der Waals surface area contributed by atoms with Crippen molar-refractivity contribution in [1.29, 1.82) is 0 Å². The Hall–Kier alpha value is -1.96. The normalized spacial score (nSPS) is 13.1. The number of fused-ring (bicyclic) bond motifs is 1. The smallest absolute Gasteiger partial charge is 0.296 e. The number of unbranched alkanes of at least 4 members (excludes halogenated alkanes) is 1. The van der Waals surface area contributed by atoms with Crippen LogP contribution >= 0.6 is 11.8 Å². The van der Waals surface area contributed by atoms with Crippen LogP contribution in [0.25, 0.3) is 0 Å². The molecule has 1 heterocycles. The number of benzene rings is 1. The molecule has 0 aromatic heterocycles. The standard InChI is InChI=1S/C13H17N3O4S/c1-21-5-3-2-4-14-9-6-10-12(7-11(9)16(18)19)20-8-13(17)15-10/h6-7,14H,2-5,8H2,1H3,(H,15,17). The third-order valence-corrected chi connectivity index (χ3v) is 3.72. The molecule has 0 radical (unpaired) electrons. The highest BCUT2D eigenvalue weighted by Crippen LogP contribution is 2.37. The van der Waals surface area contributed by atoms with Gasteiger partial charge in [0.25, 0.3) is 11.6 Å². The van der Waals surface area contributed by atoms with E-state index in [0.717, 1.165) is 18.6 Å². The summed E-state index contributed by atoms with van der Waals surface area (Å²) in [4.78, 5) is 22.0. The summed E-state index contributed by atoms with van der Waals surface area (Å²) >= 11 is 1.77. The summed E-state index contributed by atoms with van der Waals surface area (Å²) in [6.07, 6.45) is 4.02. The van der Waals surface area contributed by atoms with E-state index >= 15 is 0 Å². The van der Waals surface area contributed by atoms with Crippen LogP contribution in [0.15, 0.2) is 12.1 Å². The lowest BCUT2D eigenvalue weighted by Gasteiger charge is -2.19. The second-order valence-corrected chi connectivity index (χ2v) is 5.57. The van der Waals surface area contributed by atoms with E-state index in [1.165, 1.54) is 6.07 Å². The zero-order chi connectivity index (χ0) is 15.2. The topological polar surface area (TPSA) is 93.5 Å². The third kappa shape index (κ3) is 4.01. The first kappa shape index (κ1) is 15.4. The number of amides is 1. The number of carbonyl (C=O) groups excluding carboxylic acids is 1. The quantitative estimate of drug-likeness (QED) is 0.456. The van der Waals surface area contributed by atoms with Gasteiger partial charge >= 0.3 is 0 Å². The van der Waals surface area contributed by atoms with Gasteiger partial charge in [0.1, 0.15) is 5.69 Å². The molecule has 0 fully saturated rings. The van der Waals surface area contributed by atoms with Crippen molar-refractivity contribution in [2.24, 2.45) is 0 Å². The molecule has 1 aliphatic rings. The van der Waals surface area contributed by atoms with Crippen molar-refractivity contribution in [2.75, 3.05) is 35.8 Å². The van der Waals surface area contributed by atoms with E-state index < -0.39 is 4.92 Å². The Balaban J connectivity index is 2.12. The largest absolute Gasteiger partial charge is 0.481 e. The van der Waals surface area contributed by atoms with E-state index in [1.54, 1.807) is 17.8 Å². The number of nitro groups is 1. The predicted octanol–water partition coefficient (Wildman–Crippen LogP) is 2.48. The lowest BCUT2D eigenvalue weighted by atomic mass is 10.2. The lowest BCUT2D eigenvalue weighted by Crippen LogP contribution is -2.25. The molecule has 1 amide bonds.